The number of aliphatic hydroxyl groups is 1. The maximum Gasteiger partial charge on any atom is 0.323 e. The van der Waals surface area contributed by atoms with Crippen LogP contribution in [0, 0.1) is 5.41 Å². The summed E-state index contributed by atoms with van der Waals surface area (Å²) in [6.07, 6.45) is -2.92. The van der Waals surface area contributed by atoms with Gasteiger partial charge in [-0.05, 0) is 19.3 Å². The summed E-state index contributed by atoms with van der Waals surface area (Å²) in [7, 11) is -2.18. The summed E-state index contributed by atoms with van der Waals surface area (Å²) in [5.74, 6) is -0.607. The van der Waals surface area contributed by atoms with Crippen LogP contribution in [-0.2, 0) is 23.4 Å². The molecule has 3 rings (SSSR count). The van der Waals surface area contributed by atoms with Crippen LogP contribution in [0.15, 0.2) is 6.33 Å². The third kappa shape index (κ3) is 6.12. The molecule has 1 aliphatic heterocycles. The van der Waals surface area contributed by atoms with Gasteiger partial charge in [-0.1, -0.05) is 20.8 Å². The normalized spacial score (nSPS) is 27.1. The van der Waals surface area contributed by atoms with E-state index in [1.165, 1.54) is 31.6 Å². The van der Waals surface area contributed by atoms with E-state index < -0.39 is 50.2 Å². The number of imidazole rings is 1. The predicted molar refractivity (Wildman–Crippen MR) is 128 cm³/mol. The molecule has 3 heterocycles. The van der Waals surface area contributed by atoms with Crippen molar-refractivity contribution in [2.45, 2.75) is 64.8 Å². The van der Waals surface area contributed by atoms with Gasteiger partial charge >= 0.3 is 5.97 Å². The number of fused-ring (bicyclic) bond motifs is 1. The highest BCUT2D eigenvalue weighted by Gasteiger charge is 2.55. The number of nitrogen functional groups attached to an aromatic ring is 1. The van der Waals surface area contributed by atoms with Crippen molar-refractivity contribution in [2.24, 2.45) is 5.41 Å². The molecule has 202 valence electrons. The van der Waals surface area contributed by atoms with Crippen LogP contribution in [0.4, 0.5) is 10.3 Å². The van der Waals surface area contributed by atoms with E-state index in [2.05, 4.69) is 20.0 Å². The van der Waals surface area contributed by atoms with Gasteiger partial charge in [0.05, 0.1) is 26.7 Å². The van der Waals surface area contributed by atoms with E-state index >= 15 is 4.39 Å². The van der Waals surface area contributed by atoms with Gasteiger partial charge in [0.15, 0.2) is 23.1 Å². The molecule has 13 nitrogen and oxygen atoms in total. The number of aliphatic hydroxyl groups excluding tert-OH is 1. The second kappa shape index (κ2) is 10.2. The molecule has 1 aliphatic rings. The van der Waals surface area contributed by atoms with Gasteiger partial charge in [-0.2, -0.15) is 9.97 Å². The van der Waals surface area contributed by atoms with Gasteiger partial charge in [0.25, 0.3) is 7.52 Å². The number of esters is 1. The van der Waals surface area contributed by atoms with Crippen LogP contribution in [0.1, 0.15) is 40.8 Å². The van der Waals surface area contributed by atoms with Crippen molar-refractivity contribution >= 4 is 30.6 Å². The number of nitrogens with one attached hydrogen (secondary N) is 1. The number of halogens is 1. The number of ether oxygens (including phenoxy) is 3. The summed E-state index contributed by atoms with van der Waals surface area (Å²) in [5.41, 5.74) is 3.58. The lowest BCUT2D eigenvalue weighted by Crippen LogP contribution is -2.41. The molecule has 1 fully saturated rings. The van der Waals surface area contributed by atoms with Crippen LogP contribution in [0.25, 0.3) is 11.2 Å². The zero-order chi connectivity index (χ0) is 27.1. The quantitative estimate of drug-likeness (QED) is 0.316. The van der Waals surface area contributed by atoms with Gasteiger partial charge in [0.2, 0.25) is 11.8 Å². The third-order valence-electron chi connectivity index (χ3n) is 5.48. The molecule has 6 atom stereocenters. The van der Waals surface area contributed by atoms with Crippen LogP contribution in [0.2, 0.25) is 0 Å². The Balaban J connectivity index is 1.69. The molecule has 0 bridgehead atoms. The van der Waals surface area contributed by atoms with Gasteiger partial charge < -0.3 is 29.6 Å². The largest absolute Gasteiger partial charge is 0.479 e. The number of nitrogens with two attached hydrogens (primary N) is 1. The third-order valence-corrected chi connectivity index (χ3v) is 6.98. The Hall–Kier alpha value is -2.38. The first kappa shape index (κ1) is 28.2. The number of carbonyl (C=O) groups is 1. The Kier molecular flexibility index (Phi) is 7.97. The van der Waals surface area contributed by atoms with Crippen LogP contribution in [-0.4, -0.2) is 81.5 Å². The summed E-state index contributed by atoms with van der Waals surface area (Å²) >= 11 is 0. The number of alkyl halides is 1. The number of carbonyl (C=O) groups excluding carboxylic acids is 1. The van der Waals surface area contributed by atoms with Gasteiger partial charge in [0.1, 0.15) is 18.2 Å². The highest BCUT2D eigenvalue weighted by atomic mass is 31.2. The number of nitrogens with zero attached hydrogens (tertiary/aromatic N) is 4. The summed E-state index contributed by atoms with van der Waals surface area (Å²) in [6.45, 7) is 9.43. The Bertz CT molecular complexity index is 1150. The second-order valence-electron chi connectivity index (χ2n) is 10.2. The molecule has 0 aliphatic carbocycles. The highest BCUT2D eigenvalue weighted by Crippen LogP contribution is 2.45. The Morgan fingerprint density at radius 2 is 2.11 bits per heavy atom. The lowest BCUT2D eigenvalue weighted by molar-refractivity contribution is -0.148. The van der Waals surface area contributed by atoms with Crippen molar-refractivity contribution in [2.75, 3.05) is 32.7 Å². The van der Waals surface area contributed by atoms with Gasteiger partial charge in [-0.3, -0.25) is 13.9 Å². The summed E-state index contributed by atoms with van der Waals surface area (Å²) < 4.78 is 51.5. The predicted octanol–water partition coefficient (Wildman–Crippen LogP) is 1.81. The highest BCUT2D eigenvalue weighted by molar-refractivity contribution is 7.56. The molecular weight excluding hydrogens is 498 g/mol. The van der Waals surface area contributed by atoms with E-state index in [0.717, 1.165) is 6.92 Å². The molecule has 0 amide bonds. The SMILES string of the molecule is COc1nc(N)nc2c1ncn2[C@@H]1O[C@H](COP(C)(=O)N[C@@H](C)C(=O)OCC(C)(C)C)[C@@H](O)[C@@]1(C)F. The summed E-state index contributed by atoms with van der Waals surface area (Å²) in [6, 6.07) is -0.922. The average molecular weight is 533 g/mol. The van der Waals surface area contributed by atoms with Gasteiger partial charge in [-0.25, -0.2) is 14.5 Å². The molecule has 0 radical (unpaired) electrons. The van der Waals surface area contributed by atoms with Crippen LogP contribution in [0.3, 0.4) is 0 Å². The van der Waals surface area contributed by atoms with E-state index in [-0.39, 0.29) is 35.0 Å². The van der Waals surface area contributed by atoms with E-state index in [9.17, 15) is 14.5 Å². The molecule has 0 spiro atoms. The number of rotatable bonds is 9. The minimum atomic E-state index is -3.56. The first-order valence-electron chi connectivity index (χ1n) is 11.3. The van der Waals surface area contributed by atoms with E-state index in [0.29, 0.717) is 0 Å². The summed E-state index contributed by atoms with van der Waals surface area (Å²) in [5, 5.41) is 13.2. The fourth-order valence-electron chi connectivity index (χ4n) is 3.64. The topological polar surface area (TPSA) is 173 Å². The molecular formula is C21H34FN6O7P. The fourth-order valence-corrected chi connectivity index (χ4v) is 4.96. The van der Waals surface area contributed by atoms with Crippen molar-refractivity contribution < 1.29 is 37.6 Å². The van der Waals surface area contributed by atoms with E-state index in [1.807, 2.05) is 20.8 Å². The van der Waals surface area contributed by atoms with Gasteiger partial charge in [-0.15, -0.1) is 0 Å². The van der Waals surface area contributed by atoms with Crippen molar-refractivity contribution in [3.8, 4) is 5.88 Å². The average Bonchev–Trinajstić information content (AvgIpc) is 3.27. The zero-order valence-corrected chi connectivity index (χ0v) is 22.3. The van der Waals surface area contributed by atoms with Crippen molar-refractivity contribution in [1.29, 1.82) is 0 Å². The standard InChI is InChI=1S/C21H34FN6O7P/c1-11(17(30)33-9-20(2,3)4)27-36(7,31)34-8-12-14(29)21(5,22)18(35-12)28-10-24-13-15(28)25-19(23)26-16(13)32-6/h10-12,14,18,29H,8-9H2,1-7H3,(H,27,31)(H2,23,25,26)/t11-,12+,14+,18+,21+,36?/m0/s1. The minimum Gasteiger partial charge on any atom is -0.479 e. The molecule has 15 heteroatoms. The fraction of sp³-hybridized carbons (Fsp3) is 0.714. The Morgan fingerprint density at radius 3 is 2.72 bits per heavy atom. The smallest absolute Gasteiger partial charge is 0.323 e. The molecule has 1 unspecified atom stereocenters. The molecule has 0 saturated carbocycles. The van der Waals surface area contributed by atoms with Crippen molar-refractivity contribution in [3.05, 3.63) is 6.33 Å². The monoisotopic (exact) mass is 532 g/mol. The Labute approximate surface area is 208 Å². The maximum atomic E-state index is 15.7. The number of aromatic nitrogens is 4. The molecule has 36 heavy (non-hydrogen) atoms. The van der Waals surface area contributed by atoms with Crippen LogP contribution >= 0.6 is 7.52 Å². The van der Waals surface area contributed by atoms with E-state index in [4.69, 9.17) is 24.5 Å². The van der Waals surface area contributed by atoms with Crippen molar-refractivity contribution in [1.82, 2.24) is 24.6 Å². The lowest BCUT2D eigenvalue weighted by atomic mass is 9.98. The second-order valence-corrected chi connectivity index (χ2v) is 12.4. The van der Waals surface area contributed by atoms with Gasteiger partial charge in [0, 0.05) is 6.66 Å². The maximum absolute atomic E-state index is 15.7. The Morgan fingerprint density at radius 1 is 1.44 bits per heavy atom. The van der Waals surface area contributed by atoms with Crippen LogP contribution < -0.4 is 15.6 Å². The van der Waals surface area contributed by atoms with E-state index in [1.54, 1.807) is 0 Å². The number of methoxy groups -OCH3 is 1. The number of anilines is 1. The first-order chi connectivity index (χ1) is 16.6. The number of hydrogen-bond acceptors (Lipinski definition) is 11. The molecule has 2 aromatic heterocycles. The van der Waals surface area contributed by atoms with Crippen LogP contribution in [0.5, 0.6) is 5.88 Å². The molecule has 4 N–H and O–H groups in total. The zero-order valence-electron chi connectivity index (χ0n) is 21.4. The lowest BCUT2D eigenvalue weighted by Gasteiger charge is -2.25. The van der Waals surface area contributed by atoms with Crippen molar-refractivity contribution in [3.63, 3.8) is 0 Å². The number of hydrogen-bond donors (Lipinski definition) is 3. The molecule has 2 aromatic rings. The summed E-state index contributed by atoms with van der Waals surface area (Å²) in [4.78, 5) is 24.4. The molecule has 1 saturated heterocycles. The minimum absolute atomic E-state index is 0.100. The first-order valence-corrected chi connectivity index (χ1v) is 13.4. The molecule has 0 aromatic carbocycles.